The Morgan fingerprint density at radius 2 is 2.14 bits per heavy atom. The summed E-state index contributed by atoms with van der Waals surface area (Å²) in [7, 11) is 1.71. The Balaban J connectivity index is 1.46. The molecule has 2 atom stereocenters. The standard InChI is InChI=1S/C17H21N3OS/c1-21-13-5-2-11(3-6-13)8-9-20-10-12-4-7-14(20)16-15(12)19-17(18)22-16/h2-3,5-6,12,14H,4,7-10H2,1H3,(H2,18,19). The van der Waals surface area contributed by atoms with E-state index in [9.17, 15) is 0 Å². The molecule has 1 saturated heterocycles. The van der Waals surface area contributed by atoms with Crippen LogP contribution < -0.4 is 10.5 Å². The zero-order valence-electron chi connectivity index (χ0n) is 12.8. The van der Waals surface area contributed by atoms with Crippen molar-refractivity contribution in [1.82, 2.24) is 9.88 Å². The maximum Gasteiger partial charge on any atom is 0.180 e. The van der Waals surface area contributed by atoms with Gasteiger partial charge in [-0.3, -0.25) is 4.90 Å². The second kappa shape index (κ2) is 5.56. The minimum Gasteiger partial charge on any atom is -0.497 e. The fraction of sp³-hybridized carbons (Fsp3) is 0.471. The Bertz CT molecular complexity index is 667. The first-order chi connectivity index (χ1) is 10.7. The molecule has 2 bridgehead atoms. The van der Waals surface area contributed by atoms with Crippen LogP contribution in [0.2, 0.25) is 0 Å². The van der Waals surface area contributed by atoms with Crippen LogP contribution in [0.15, 0.2) is 24.3 Å². The number of hydrogen-bond donors (Lipinski definition) is 1. The molecule has 0 spiro atoms. The molecule has 2 N–H and O–H groups in total. The van der Waals surface area contributed by atoms with E-state index in [-0.39, 0.29) is 0 Å². The molecule has 3 aliphatic rings. The van der Waals surface area contributed by atoms with Gasteiger partial charge in [-0.25, -0.2) is 4.98 Å². The van der Waals surface area contributed by atoms with Gasteiger partial charge in [-0.2, -0.15) is 0 Å². The van der Waals surface area contributed by atoms with Gasteiger partial charge in [0, 0.05) is 29.9 Å². The van der Waals surface area contributed by atoms with Crippen LogP contribution in [-0.4, -0.2) is 30.1 Å². The zero-order chi connectivity index (χ0) is 15.1. The number of ether oxygens (including phenoxy) is 1. The molecule has 0 saturated carbocycles. The molecule has 1 aromatic carbocycles. The maximum absolute atomic E-state index is 5.93. The number of rotatable bonds is 4. The minimum atomic E-state index is 0.535. The number of anilines is 1. The molecule has 5 heteroatoms. The van der Waals surface area contributed by atoms with Crippen molar-refractivity contribution < 1.29 is 4.74 Å². The molecular formula is C17H21N3OS. The van der Waals surface area contributed by atoms with Crippen LogP contribution in [0.5, 0.6) is 5.75 Å². The summed E-state index contributed by atoms with van der Waals surface area (Å²) in [5, 5.41) is 0.735. The van der Waals surface area contributed by atoms with Crippen LogP contribution in [0.4, 0.5) is 5.13 Å². The Kier molecular flexibility index (Phi) is 3.54. The molecule has 1 aliphatic carbocycles. The summed E-state index contributed by atoms with van der Waals surface area (Å²) in [6, 6.07) is 8.95. The predicted octanol–water partition coefficient (Wildman–Crippen LogP) is 3.21. The fourth-order valence-corrected chi connectivity index (χ4v) is 4.86. The monoisotopic (exact) mass is 315 g/mol. The third-order valence-electron chi connectivity index (χ3n) is 4.92. The third-order valence-corrected chi connectivity index (χ3v) is 5.92. The quantitative estimate of drug-likeness (QED) is 0.941. The summed E-state index contributed by atoms with van der Waals surface area (Å²) < 4.78 is 5.22. The Hall–Kier alpha value is -1.59. The van der Waals surface area contributed by atoms with Gasteiger partial charge in [0.2, 0.25) is 0 Å². The molecular weight excluding hydrogens is 294 g/mol. The van der Waals surface area contributed by atoms with Crippen molar-refractivity contribution in [3.8, 4) is 5.75 Å². The normalized spacial score (nSPS) is 23.5. The smallest absolute Gasteiger partial charge is 0.180 e. The summed E-state index contributed by atoms with van der Waals surface area (Å²) in [6.45, 7) is 2.24. The number of benzene rings is 1. The first-order valence-electron chi connectivity index (χ1n) is 7.87. The second-order valence-corrected chi connectivity index (χ2v) is 7.25. The lowest BCUT2D eigenvalue weighted by Crippen LogP contribution is -2.42. The number of piperidine rings is 1. The van der Waals surface area contributed by atoms with E-state index >= 15 is 0 Å². The van der Waals surface area contributed by atoms with E-state index < -0.39 is 0 Å². The van der Waals surface area contributed by atoms with Crippen LogP contribution in [-0.2, 0) is 6.42 Å². The van der Waals surface area contributed by atoms with E-state index in [0.717, 1.165) is 30.4 Å². The van der Waals surface area contributed by atoms with E-state index in [1.54, 1.807) is 18.4 Å². The zero-order valence-corrected chi connectivity index (χ0v) is 13.6. The number of hydrogen-bond acceptors (Lipinski definition) is 5. The van der Waals surface area contributed by atoms with Gasteiger partial charge in [0.25, 0.3) is 0 Å². The van der Waals surface area contributed by atoms with Crippen LogP contribution in [0.25, 0.3) is 0 Å². The van der Waals surface area contributed by atoms with Crippen molar-refractivity contribution in [2.24, 2.45) is 0 Å². The molecule has 116 valence electrons. The van der Waals surface area contributed by atoms with E-state index in [2.05, 4.69) is 22.0 Å². The first-order valence-corrected chi connectivity index (χ1v) is 8.69. The number of nitrogens with two attached hydrogens (primary N) is 1. The maximum atomic E-state index is 5.93. The highest BCUT2D eigenvalue weighted by molar-refractivity contribution is 7.15. The van der Waals surface area contributed by atoms with Gasteiger partial charge in [0.05, 0.1) is 12.8 Å². The molecule has 1 fully saturated rings. The molecule has 5 rings (SSSR count). The molecule has 2 unspecified atom stereocenters. The van der Waals surface area contributed by atoms with E-state index in [0.29, 0.717) is 12.0 Å². The van der Waals surface area contributed by atoms with Crippen LogP contribution in [0.3, 0.4) is 0 Å². The summed E-state index contributed by atoms with van der Waals surface area (Å²) in [5.74, 6) is 1.51. The van der Waals surface area contributed by atoms with Crippen molar-refractivity contribution in [2.45, 2.75) is 31.2 Å². The molecule has 3 heterocycles. The lowest BCUT2D eigenvalue weighted by Gasteiger charge is -2.44. The fourth-order valence-electron chi connectivity index (χ4n) is 3.77. The van der Waals surface area contributed by atoms with Gasteiger partial charge >= 0.3 is 0 Å². The molecule has 2 aliphatic heterocycles. The Morgan fingerprint density at radius 1 is 1.32 bits per heavy atom. The van der Waals surface area contributed by atoms with Crippen LogP contribution in [0.1, 0.15) is 40.9 Å². The van der Waals surface area contributed by atoms with Crippen LogP contribution >= 0.6 is 11.3 Å². The van der Waals surface area contributed by atoms with Crippen molar-refractivity contribution in [3.63, 3.8) is 0 Å². The van der Waals surface area contributed by atoms with Crippen molar-refractivity contribution in [2.75, 3.05) is 25.9 Å². The average Bonchev–Trinajstić information content (AvgIpc) is 2.97. The van der Waals surface area contributed by atoms with Gasteiger partial charge in [-0.15, -0.1) is 11.3 Å². The lowest BCUT2D eigenvalue weighted by atomic mass is 9.81. The highest BCUT2D eigenvalue weighted by atomic mass is 32.1. The summed E-state index contributed by atoms with van der Waals surface area (Å²) in [6.07, 6.45) is 3.60. The highest BCUT2D eigenvalue weighted by Crippen LogP contribution is 2.49. The van der Waals surface area contributed by atoms with E-state index in [1.165, 1.54) is 29.0 Å². The van der Waals surface area contributed by atoms with E-state index in [1.807, 2.05) is 12.1 Å². The number of methoxy groups -OCH3 is 1. The van der Waals surface area contributed by atoms with Crippen molar-refractivity contribution >= 4 is 16.5 Å². The molecule has 0 amide bonds. The van der Waals surface area contributed by atoms with Gasteiger partial charge in [-0.05, 0) is 37.0 Å². The topological polar surface area (TPSA) is 51.4 Å². The van der Waals surface area contributed by atoms with Crippen LogP contribution in [0, 0.1) is 0 Å². The Labute approximate surface area is 134 Å². The van der Waals surface area contributed by atoms with Gasteiger partial charge in [-0.1, -0.05) is 12.1 Å². The van der Waals surface area contributed by atoms with Crippen molar-refractivity contribution in [1.29, 1.82) is 0 Å². The summed E-state index contributed by atoms with van der Waals surface area (Å²) >= 11 is 1.69. The summed E-state index contributed by atoms with van der Waals surface area (Å²) in [5.41, 5.74) is 8.58. The highest BCUT2D eigenvalue weighted by Gasteiger charge is 2.40. The Morgan fingerprint density at radius 3 is 2.91 bits per heavy atom. The molecule has 4 nitrogen and oxygen atoms in total. The number of nitrogen functional groups attached to an aromatic ring is 1. The lowest BCUT2D eigenvalue weighted by molar-refractivity contribution is 0.116. The number of fused-ring (bicyclic) bond motifs is 2. The SMILES string of the molecule is COc1ccc(CCN2CC3CCC2c2sc(N)nc23)cc1. The van der Waals surface area contributed by atoms with Gasteiger partial charge < -0.3 is 10.5 Å². The van der Waals surface area contributed by atoms with Gasteiger partial charge in [0.15, 0.2) is 5.13 Å². The molecule has 0 radical (unpaired) electrons. The van der Waals surface area contributed by atoms with E-state index in [4.69, 9.17) is 10.5 Å². The second-order valence-electron chi connectivity index (χ2n) is 6.18. The number of aromatic nitrogens is 1. The molecule has 2 aromatic rings. The average molecular weight is 315 g/mol. The number of nitrogens with zero attached hydrogens (tertiary/aromatic N) is 2. The largest absolute Gasteiger partial charge is 0.497 e. The van der Waals surface area contributed by atoms with Gasteiger partial charge in [0.1, 0.15) is 5.75 Å². The number of thiazole rings is 1. The first kappa shape index (κ1) is 14.0. The third kappa shape index (κ3) is 2.38. The minimum absolute atomic E-state index is 0.535. The molecule has 1 aromatic heterocycles. The summed E-state index contributed by atoms with van der Waals surface area (Å²) in [4.78, 5) is 8.61. The molecule has 22 heavy (non-hydrogen) atoms. The predicted molar refractivity (Wildman–Crippen MR) is 89.5 cm³/mol. The van der Waals surface area contributed by atoms with Crippen molar-refractivity contribution in [3.05, 3.63) is 40.4 Å².